The van der Waals surface area contributed by atoms with Crippen molar-refractivity contribution in [2.75, 3.05) is 6.54 Å². The van der Waals surface area contributed by atoms with Crippen molar-refractivity contribution in [3.63, 3.8) is 0 Å². The molecule has 0 radical (unpaired) electrons. The number of carboxylic acids is 1. The molecule has 6 nitrogen and oxygen atoms in total. The third-order valence-electron chi connectivity index (χ3n) is 3.47. The number of hydrogen-bond donors (Lipinski definition) is 2. The molecule has 2 heterocycles. The van der Waals surface area contributed by atoms with Crippen LogP contribution in [0.5, 0.6) is 0 Å². The molecule has 2 amide bonds. The molecule has 1 fully saturated rings. The maximum Gasteiger partial charge on any atom is 0.329 e. The Morgan fingerprint density at radius 3 is 3.00 bits per heavy atom. The summed E-state index contributed by atoms with van der Waals surface area (Å²) in [6.07, 6.45) is 3.84. The number of carboxylic acid groups (broad SMARTS) is 1. The van der Waals surface area contributed by atoms with Crippen LogP contribution in [0.2, 0.25) is 0 Å². The van der Waals surface area contributed by atoms with E-state index < -0.39 is 11.5 Å². The second-order valence-corrected chi connectivity index (χ2v) is 5.75. The summed E-state index contributed by atoms with van der Waals surface area (Å²) in [6, 6.07) is -0.334. The molecular weight excluding hydrogens is 266 g/mol. The van der Waals surface area contributed by atoms with Crippen molar-refractivity contribution in [3.05, 3.63) is 16.6 Å². The van der Waals surface area contributed by atoms with Crippen molar-refractivity contribution in [1.82, 2.24) is 15.2 Å². The lowest BCUT2D eigenvalue weighted by atomic mass is 9.89. The number of carbonyl (C=O) groups excluding carboxylic acids is 1. The molecule has 1 aromatic heterocycles. The first-order valence-electron chi connectivity index (χ1n) is 6.21. The number of nitrogens with zero attached hydrogens (tertiary/aromatic N) is 2. The minimum absolute atomic E-state index is 0.334. The first-order valence-corrected chi connectivity index (χ1v) is 7.09. The third-order valence-corrected chi connectivity index (χ3v) is 4.25. The minimum Gasteiger partial charge on any atom is -0.480 e. The van der Waals surface area contributed by atoms with Gasteiger partial charge >= 0.3 is 12.0 Å². The molecule has 0 spiro atoms. The highest BCUT2D eigenvalue weighted by molar-refractivity contribution is 7.09. The Labute approximate surface area is 115 Å². The molecule has 2 N–H and O–H groups in total. The largest absolute Gasteiger partial charge is 0.480 e. The Morgan fingerprint density at radius 2 is 2.37 bits per heavy atom. The van der Waals surface area contributed by atoms with Crippen LogP contribution >= 0.6 is 11.3 Å². The predicted octanol–water partition coefficient (Wildman–Crippen LogP) is 1.68. The van der Waals surface area contributed by atoms with Gasteiger partial charge < -0.3 is 15.3 Å². The minimum atomic E-state index is -1.11. The summed E-state index contributed by atoms with van der Waals surface area (Å²) < 4.78 is 0. The highest BCUT2D eigenvalue weighted by atomic mass is 32.1. The van der Waals surface area contributed by atoms with Gasteiger partial charge in [-0.3, -0.25) is 0 Å². The number of thiazole rings is 1. The van der Waals surface area contributed by atoms with E-state index in [0.717, 1.165) is 17.8 Å². The van der Waals surface area contributed by atoms with Gasteiger partial charge in [-0.15, -0.1) is 11.3 Å². The first kappa shape index (κ1) is 13.8. The number of piperidine rings is 1. The van der Waals surface area contributed by atoms with Crippen molar-refractivity contribution in [1.29, 1.82) is 0 Å². The Bertz CT molecular complexity index is 463. The number of carbonyl (C=O) groups is 2. The number of nitrogens with one attached hydrogen (secondary N) is 1. The van der Waals surface area contributed by atoms with Gasteiger partial charge in [0.2, 0.25) is 0 Å². The Morgan fingerprint density at radius 1 is 1.58 bits per heavy atom. The first-order chi connectivity index (χ1) is 9.04. The van der Waals surface area contributed by atoms with Crippen LogP contribution in [0.15, 0.2) is 11.6 Å². The summed E-state index contributed by atoms with van der Waals surface area (Å²) in [6.45, 7) is 2.42. The molecule has 1 saturated heterocycles. The normalized spacial score (nSPS) is 23.1. The summed E-state index contributed by atoms with van der Waals surface area (Å²) in [5.74, 6) is -0.948. The third kappa shape index (κ3) is 2.86. The van der Waals surface area contributed by atoms with E-state index in [-0.39, 0.29) is 6.03 Å². The van der Waals surface area contributed by atoms with E-state index in [1.54, 1.807) is 13.1 Å². The average molecular weight is 283 g/mol. The van der Waals surface area contributed by atoms with E-state index in [0.29, 0.717) is 19.5 Å². The summed E-state index contributed by atoms with van der Waals surface area (Å²) in [5, 5.41) is 14.7. The summed E-state index contributed by atoms with van der Waals surface area (Å²) in [7, 11) is 0. The van der Waals surface area contributed by atoms with Crippen molar-refractivity contribution < 1.29 is 14.7 Å². The Balaban J connectivity index is 2.01. The fourth-order valence-electron chi connectivity index (χ4n) is 2.26. The van der Waals surface area contributed by atoms with Crippen LogP contribution in [0.1, 0.15) is 31.2 Å². The molecule has 1 atom stereocenters. The molecule has 0 saturated carbocycles. The van der Waals surface area contributed by atoms with Gasteiger partial charge in [0.05, 0.1) is 6.54 Å². The zero-order chi connectivity index (χ0) is 13.9. The molecule has 7 heteroatoms. The summed E-state index contributed by atoms with van der Waals surface area (Å²) >= 11 is 1.46. The number of likely N-dealkylation sites (tertiary alicyclic amines) is 1. The van der Waals surface area contributed by atoms with Crippen molar-refractivity contribution in [2.24, 2.45) is 0 Å². The molecule has 1 aliphatic heterocycles. The molecular formula is C12H17N3O3S. The smallest absolute Gasteiger partial charge is 0.329 e. The van der Waals surface area contributed by atoms with Gasteiger partial charge in [-0.25, -0.2) is 14.6 Å². The lowest BCUT2D eigenvalue weighted by molar-refractivity contribution is -0.150. The lowest BCUT2D eigenvalue weighted by Gasteiger charge is -2.41. The second-order valence-electron chi connectivity index (χ2n) is 4.77. The lowest BCUT2D eigenvalue weighted by Crippen LogP contribution is -2.59. The molecule has 0 aliphatic carbocycles. The van der Waals surface area contributed by atoms with E-state index in [9.17, 15) is 14.7 Å². The van der Waals surface area contributed by atoms with Crippen LogP contribution in [0.4, 0.5) is 4.79 Å². The molecule has 1 aliphatic rings. The van der Waals surface area contributed by atoms with E-state index in [2.05, 4.69) is 10.3 Å². The van der Waals surface area contributed by atoms with E-state index in [1.807, 2.05) is 5.38 Å². The van der Waals surface area contributed by atoms with Crippen LogP contribution in [0.25, 0.3) is 0 Å². The van der Waals surface area contributed by atoms with Crippen molar-refractivity contribution >= 4 is 23.3 Å². The predicted molar refractivity (Wildman–Crippen MR) is 70.9 cm³/mol. The monoisotopic (exact) mass is 283 g/mol. The van der Waals surface area contributed by atoms with Crippen molar-refractivity contribution in [2.45, 2.75) is 38.3 Å². The molecule has 1 aromatic rings. The van der Waals surface area contributed by atoms with Crippen LogP contribution in [0.3, 0.4) is 0 Å². The standard InChI is InChI=1S/C12H17N3O3S/c1-12(10(16)17)4-2-3-6-15(12)11(18)14-8-9-13-5-7-19-9/h5,7H,2-4,6,8H2,1H3,(H,14,18)(H,16,17). The molecule has 19 heavy (non-hydrogen) atoms. The van der Waals surface area contributed by atoms with Gasteiger partial charge in [-0.2, -0.15) is 0 Å². The highest BCUT2D eigenvalue weighted by Crippen LogP contribution is 2.28. The van der Waals surface area contributed by atoms with Gasteiger partial charge in [-0.1, -0.05) is 0 Å². The van der Waals surface area contributed by atoms with Crippen LogP contribution < -0.4 is 5.32 Å². The number of aliphatic carboxylic acids is 1. The van der Waals surface area contributed by atoms with Gasteiger partial charge in [0.15, 0.2) is 0 Å². The number of rotatable bonds is 3. The highest BCUT2D eigenvalue weighted by Gasteiger charge is 2.43. The molecule has 1 unspecified atom stereocenters. The molecule has 0 bridgehead atoms. The SMILES string of the molecule is CC1(C(=O)O)CCCCN1C(=O)NCc1nccs1. The number of amides is 2. The fraction of sp³-hybridized carbons (Fsp3) is 0.583. The van der Waals surface area contributed by atoms with Crippen LogP contribution in [0, 0.1) is 0 Å². The van der Waals surface area contributed by atoms with E-state index >= 15 is 0 Å². The fourth-order valence-corrected chi connectivity index (χ4v) is 2.81. The van der Waals surface area contributed by atoms with Gasteiger partial charge in [-0.05, 0) is 26.2 Å². The molecule has 2 rings (SSSR count). The Hall–Kier alpha value is -1.63. The summed E-state index contributed by atoms with van der Waals surface area (Å²) in [5.41, 5.74) is -1.11. The van der Waals surface area contributed by atoms with Gasteiger partial charge in [0.25, 0.3) is 0 Å². The number of aromatic nitrogens is 1. The van der Waals surface area contributed by atoms with Crippen molar-refractivity contribution in [3.8, 4) is 0 Å². The maximum atomic E-state index is 12.1. The number of urea groups is 1. The quantitative estimate of drug-likeness (QED) is 0.884. The van der Waals surface area contributed by atoms with E-state index in [1.165, 1.54) is 16.2 Å². The molecule has 104 valence electrons. The number of hydrogen-bond acceptors (Lipinski definition) is 4. The average Bonchev–Trinajstić information content (AvgIpc) is 2.89. The van der Waals surface area contributed by atoms with E-state index in [4.69, 9.17) is 0 Å². The van der Waals surface area contributed by atoms with Crippen LogP contribution in [-0.2, 0) is 11.3 Å². The maximum absolute atomic E-state index is 12.1. The summed E-state index contributed by atoms with van der Waals surface area (Å²) in [4.78, 5) is 29.0. The van der Waals surface area contributed by atoms with Gasteiger partial charge in [0, 0.05) is 18.1 Å². The zero-order valence-electron chi connectivity index (χ0n) is 10.8. The van der Waals surface area contributed by atoms with Crippen LogP contribution in [-0.4, -0.2) is 39.1 Å². The zero-order valence-corrected chi connectivity index (χ0v) is 11.6. The van der Waals surface area contributed by atoms with Gasteiger partial charge in [0.1, 0.15) is 10.5 Å². The second kappa shape index (κ2) is 5.56. The Kier molecular flexibility index (Phi) is 4.04. The topological polar surface area (TPSA) is 82.5 Å². The molecule has 0 aromatic carbocycles.